The van der Waals surface area contributed by atoms with Crippen molar-refractivity contribution in [2.75, 3.05) is 0 Å². The smallest absolute Gasteiger partial charge is 0.162 e. The van der Waals surface area contributed by atoms with Crippen LogP contribution < -0.4 is 0 Å². The van der Waals surface area contributed by atoms with Crippen LogP contribution in [0.3, 0.4) is 0 Å². The molecule has 2 saturated carbocycles. The third-order valence-corrected chi connectivity index (χ3v) is 6.75. The summed E-state index contributed by atoms with van der Waals surface area (Å²) in [6.45, 7) is 7.37. The van der Waals surface area contributed by atoms with Crippen LogP contribution in [0.5, 0.6) is 0 Å². The number of rotatable bonds is 4. The van der Waals surface area contributed by atoms with Gasteiger partial charge < -0.3 is 12.3 Å². The molecule has 0 bridgehead atoms. The van der Waals surface area contributed by atoms with Crippen molar-refractivity contribution in [1.29, 1.82) is 0 Å². The molecule has 29 heavy (non-hydrogen) atoms. The molecule has 2 aliphatic rings. The molecule has 3 heteroatoms. The van der Waals surface area contributed by atoms with Crippen molar-refractivity contribution >= 4 is 0 Å². The predicted octanol–water partition coefficient (Wildman–Crippen LogP) is 8.41. The molecule has 0 atom stereocenters. The molecule has 0 unspecified atom stereocenters. The fourth-order valence-corrected chi connectivity index (χ4v) is 5.01. The molecule has 0 nitrogen and oxygen atoms in total. The van der Waals surface area contributed by atoms with Crippen LogP contribution >= 0.6 is 0 Å². The monoisotopic (exact) mass is 478 g/mol. The quantitative estimate of drug-likeness (QED) is 0.232. The zero-order valence-corrected chi connectivity index (χ0v) is 21.0. The third kappa shape index (κ3) is 7.59. The molecule has 3 rings (SSSR count). The average Bonchev–Trinajstić information content (AvgIpc) is 2.73. The maximum atomic E-state index is 14.2. The van der Waals surface area contributed by atoms with Crippen LogP contribution in [0.2, 0.25) is 0 Å². The van der Waals surface area contributed by atoms with Crippen LogP contribution in [0.4, 0.5) is 8.78 Å². The van der Waals surface area contributed by atoms with E-state index in [1.54, 1.807) is 19.1 Å². The first-order valence-electron chi connectivity index (χ1n) is 11.0. The number of aryl methyl sites for hydroxylation is 1. The maximum Gasteiger partial charge on any atom is 0.162 e. The van der Waals surface area contributed by atoms with Gasteiger partial charge in [0.15, 0.2) is 11.6 Å². The summed E-state index contributed by atoms with van der Waals surface area (Å²) in [5.41, 5.74) is 1.01. The summed E-state index contributed by atoms with van der Waals surface area (Å²) in [5.74, 6) is 3.61. The van der Waals surface area contributed by atoms with E-state index in [2.05, 4.69) is 18.6 Å². The van der Waals surface area contributed by atoms with Gasteiger partial charge in [-0.3, -0.25) is 0 Å². The maximum absolute atomic E-state index is 14.2. The van der Waals surface area contributed by atoms with Gasteiger partial charge in [-0.1, -0.05) is 25.1 Å². The van der Waals surface area contributed by atoms with E-state index in [-0.39, 0.29) is 41.5 Å². The Morgan fingerprint density at radius 1 is 1.03 bits per heavy atom. The van der Waals surface area contributed by atoms with Gasteiger partial charge >= 0.3 is 0 Å². The van der Waals surface area contributed by atoms with E-state index in [9.17, 15) is 8.78 Å². The van der Waals surface area contributed by atoms with E-state index >= 15 is 0 Å². The number of allylic oxidation sites excluding steroid dienone is 1. The van der Waals surface area contributed by atoms with Gasteiger partial charge in [-0.25, -0.2) is 8.78 Å². The second-order valence-electron chi connectivity index (χ2n) is 8.55. The van der Waals surface area contributed by atoms with E-state index in [0.717, 1.165) is 43.4 Å². The minimum absolute atomic E-state index is 0. The van der Waals surface area contributed by atoms with Crippen LogP contribution in [-0.4, -0.2) is 0 Å². The Balaban J connectivity index is 0. The van der Waals surface area contributed by atoms with Crippen LogP contribution in [0.1, 0.15) is 91.0 Å². The molecule has 1 aromatic rings. The Hall–Kier alpha value is -0.516. The number of hydrogen-bond acceptors (Lipinski definition) is 0. The van der Waals surface area contributed by atoms with Crippen molar-refractivity contribution in [3.05, 3.63) is 54.0 Å². The largest absolute Gasteiger partial charge is 0.694 e. The van der Waals surface area contributed by atoms with E-state index in [1.807, 2.05) is 6.92 Å². The van der Waals surface area contributed by atoms with E-state index in [1.165, 1.54) is 38.5 Å². The summed E-state index contributed by atoms with van der Waals surface area (Å²) in [6.07, 6.45) is 19.9. The Bertz CT molecular complexity index is 671. The standard InChI is InChI=1S/C22H30F2.C4H5.Y.2H2/c1-3-4-16-6-8-17(9-7-16)18-10-12-19(13-11-18)20-14-5-15(2)21(23)22(20)24;1-3-4-2;;;/h3,5,14,16-19H,1,4,6-13H2,2H3;3H2,1H3;;2*1H/q;-1;;;. The summed E-state index contributed by atoms with van der Waals surface area (Å²) in [6, 6.07) is 3.53. The first-order valence-corrected chi connectivity index (χ1v) is 11.0. The SMILES string of the molecule is C=CCC1CCC(C2CCC(c3ccc(C)c(F)c3F)CC2)CC1.[C-]#CCC.[HH].[HH].[Y]. The second kappa shape index (κ2) is 13.7. The predicted molar refractivity (Wildman–Crippen MR) is 118 cm³/mol. The van der Waals surface area contributed by atoms with Crippen molar-refractivity contribution in [3.8, 4) is 5.92 Å². The topological polar surface area (TPSA) is 0 Å². The van der Waals surface area contributed by atoms with E-state index in [4.69, 9.17) is 6.42 Å². The molecule has 161 valence electrons. The zero-order valence-electron chi connectivity index (χ0n) is 18.2. The van der Waals surface area contributed by atoms with Crippen LogP contribution in [-0.2, 0) is 32.7 Å². The molecule has 0 saturated heterocycles. The van der Waals surface area contributed by atoms with Gasteiger partial charge in [0.05, 0.1) is 0 Å². The van der Waals surface area contributed by atoms with E-state index < -0.39 is 11.6 Å². The van der Waals surface area contributed by atoms with Crippen LogP contribution in [0.15, 0.2) is 24.8 Å². The Kier molecular flexibility index (Phi) is 12.5. The van der Waals surface area contributed by atoms with Gasteiger partial charge in [0, 0.05) is 35.6 Å². The molecule has 0 spiro atoms. The number of benzene rings is 1. The molecule has 1 radical (unpaired) electrons. The summed E-state index contributed by atoms with van der Waals surface area (Å²) < 4.78 is 28.1. The molecule has 2 fully saturated rings. The van der Waals surface area contributed by atoms with Gasteiger partial charge in [0.25, 0.3) is 0 Å². The summed E-state index contributed by atoms with van der Waals surface area (Å²) in [5, 5.41) is 0. The normalized spacial score (nSPS) is 26.3. The molecule has 0 aliphatic heterocycles. The minimum atomic E-state index is -0.657. The fourth-order valence-electron chi connectivity index (χ4n) is 5.01. The molecule has 0 N–H and O–H groups in total. The summed E-state index contributed by atoms with van der Waals surface area (Å²) in [7, 11) is 0. The Labute approximate surface area is 205 Å². The minimum Gasteiger partial charge on any atom is -0.694 e. The number of halogens is 2. The third-order valence-electron chi connectivity index (χ3n) is 6.75. The van der Waals surface area contributed by atoms with Crippen LogP contribution in [0, 0.1) is 48.7 Å². The summed E-state index contributed by atoms with van der Waals surface area (Å²) in [4.78, 5) is 0. The van der Waals surface area contributed by atoms with Crippen molar-refractivity contribution in [2.24, 2.45) is 17.8 Å². The summed E-state index contributed by atoms with van der Waals surface area (Å²) >= 11 is 0. The van der Waals surface area contributed by atoms with Crippen molar-refractivity contribution in [2.45, 2.75) is 84.0 Å². The average molecular weight is 479 g/mol. The van der Waals surface area contributed by atoms with Crippen LogP contribution in [0.25, 0.3) is 0 Å². The van der Waals surface area contributed by atoms with Gasteiger partial charge in [0.1, 0.15) is 0 Å². The van der Waals surface area contributed by atoms with Crippen molar-refractivity contribution in [3.63, 3.8) is 0 Å². The van der Waals surface area contributed by atoms with Crippen molar-refractivity contribution in [1.82, 2.24) is 0 Å². The van der Waals surface area contributed by atoms with Gasteiger partial charge in [0.2, 0.25) is 0 Å². The second-order valence-corrected chi connectivity index (χ2v) is 8.55. The molecule has 0 aromatic heterocycles. The molecular formula is C26H39F2Y-. The molecule has 1 aromatic carbocycles. The fraction of sp³-hybridized carbons (Fsp3) is 0.615. The molecule has 0 amide bonds. The van der Waals surface area contributed by atoms with Gasteiger partial charge in [-0.05, 0) is 106 Å². The van der Waals surface area contributed by atoms with Gasteiger partial charge in [-0.15, -0.1) is 6.58 Å². The molecular weight excluding hydrogens is 439 g/mol. The van der Waals surface area contributed by atoms with Crippen molar-refractivity contribution < 1.29 is 44.3 Å². The molecule has 2 aliphatic carbocycles. The van der Waals surface area contributed by atoms with E-state index in [0.29, 0.717) is 11.1 Å². The first-order chi connectivity index (χ1) is 13.5. The Morgan fingerprint density at radius 2 is 1.55 bits per heavy atom. The Morgan fingerprint density at radius 3 is 2.03 bits per heavy atom. The van der Waals surface area contributed by atoms with Gasteiger partial charge in [-0.2, -0.15) is 0 Å². The molecule has 0 heterocycles. The zero-order chi connectivity index (χ0) is 20.5. The first kappa shape index (κ1) is 26.5. The number of hydrogen-bond donors (Lipinski definition) is 0.